The van der Waals surface area contributed by atoms with E-state index >= 15 is 0 Å². The van der Waals surface area contributed by atoms with Gasteiger partial charge in [-0.25, -0.2) is 0 Å². The lowest BCUT2D eigenvalue weighted by atomic mass is 9.59. The molecule has 2 aliphatic rings. The Hall–Kier alpha value is -0.0400. The molecular formula is C11H20O. The van der Waals surface area contributed by atoms with E-state index in [2.05, 4.69) is 27.7 Å². The van der Waals surface area contributed by atoms with Crippen LogP contribution in [-0.2, 0) is 4.74 Å². The quantitative estimate of drug-likeness (QED) is 0.540. The molecule has 0 radical (unpaired) electrons. The monoisotopic (exact) mass is 168 g/mol. The average molecular weight is 168 g/mol. The zero-order valence-corrected chi connectivity index (χ0v) is 8.74. The molecule has 1 saturated carbocycles. The molecule has 0 aromatic rings. The van der Waals surface area contributed by atoms with Gasteiger partial charge in [0.2, 0.25) is 0 Å². The molecule has 1 nitrogen and oxygen atoms in total. The van der Waals surface area contributed by atoms with E-state index in [0.717, 1.165) is 13.2 Å². The lowest BCUT2D eigenvalue weighted by molar-refractivity contribution is -0.131. The number of hydrogen-bond donors (Lipinski definition) is 0. The normalized spacial score (nSPS) is 51.0. The zero-order valence-electron chi connectivity index (χ0n) is 8.74. The van der Waals surface area contributed by atoms with Gasteiger partial charge in [0, 0.05) is 0 Å². The predicted molar refractivity (Wildman–Crippen MR) is 50.0 cm³/mol. The molecule has 0 aromatic carbocycles. The van der Waals surface area contributed by atoms with Crippen LogP contribution in [0, 0.1) is 16.2 Å². The molecule has 0 N–H and O–H groups in total. The molecule has 1 heteroatoms. The maximum atomic E-state index is 5.70. The third-order valence-electron chi connectivity index (χ3n) is 5.09. The van der Waals surface area contributed by atoms with Crippen LogP contribution in [0.25, 0.3) is 0 Å². The molecule has 2 bridgehead atoms. The first kappa shape index (κ1) is 8.55. The van der Waals surface area contributed by atoms with E-state index in [0.29, 0.717) is 16.2 Å². The Morgan fingerprint density at radius 1 is 0.833 bits per heavy atom. The summed E-state index contributed by atoms with van der Waals surface area (Å²) in [4.78, 5) is 0. The van der Waals surface area contributed by atoms with E-state index in [1.54, 1.807) is 0 Å². The lowest BCUT2D eigenvalue weighted by Gasteiger charge is -2.51. The lowest BCUT2D eigenvalue weighted by Crippen LogP contribution is -2.49. The van der Waals surface area contributed by atoms with Crippen molar-refractivity contribution in [3.63, 3.8) is 0 Å². The van der Waals surface area contributed by atoms with Crippen LogP contribution in [0.3, 0.4) is 0 Å². The fraction of sp³-hybridized carbons (Fsp3) is 1.00. The van der Waals surface area contributed by atoms with Crippen LogP contribution in [-0.4, -0.2) is 13.2 Å². The van der Waals surface area contributed by atoms with Gasteiger partial charge < -0.3 is 4.74 Å². The number of ether oxygens (including phenoxy) is 1. The Morgan fingerprint density at radius 2 is 1.25 bits per heavy atom. The smallest absolute Gasteiger partial charge is 0.0525 e. The molecule has 1 heterocycles. The summed E-state index contributed by atoms with van der Waals surface area (Å²) in [6.07, 6.45) is 2.69. The molecule has 0 spiro atoms. The van der Waals surface area contributed by atoms with Crippen LogP contribution in [0.2, 0.25) is 0 Å². The molecule has 2 atom stereocenters. The van der Waals surface area contributed by atoms with Crippen LogP contribution in [0.15, 0.2) is 0 Å². The van der Waals surface area contributed by atoms with Gasteiger partial charge in [0.1, 0.15) is 0 Å². The molecule has 2 rings (SSSR count). The van der Waals surface area contributed by atoms with Crippen LogP contribution < -0.4 is 0 Å². The van der Waals surface area contributed by atoms with E-state index in [1.165, 1.54) is 12.8 Å². The van der Waals surface area contributed by atoms with Crippen molar-refractivity contribution in [1.29, 1.82) is 0 Å². The predicted octanol–water partition coefficient (Wildman–Crippen LogP) is 2.85. The van der Waals surface area contributed by atoms with Crippen molar-refractivity contribution in [3.05, 3.63) is 0 Å². The fourth-order valence-electron chi connectivity index (χ4n) is 2.91. The maximum absolute atomic E-state index is 5.70. The van der Waals surface area contributed by atoms with Gasteiger partial charge in [0.25, 0.3) is 0 Å². The highest BCUT2D eigenvalue weighted by atomic mass is 16.5. The van der Waals surface area contributed by atoms with Crippen molar-refractivity contribution in [2.24, 2.45) is 16.2 Å². The van der Waals surface area contributed by atoms with Gasteiger partial charge in [-0.05, 0) is 29.1 Å². The minimum atomic E-state index is 0.431. The SMILES string of the molecule is CC12CCC(C)(COC1)C2(C)C. The van der Waals surface area contributed by atoms with Crippen molar-refractivity contribution in [2.45, 2.75) is 40.5 Å². The van der Waals surface area contributed by atoms with Crippen molar-refractivity contribution in [1.82, 2.24) is 0 Å². The Labute approximate surface area is 75.5 Å². The summed E-state index contributed by atoms with van der Waals surface area (Å²) in [7, 11) is 0. The highest BCUT2D eigenvalue weighted by molar-refractivity contribution is 5.08. The largest absolute Gasteiger partial charge is 0.380 e. The molecular weight excluding hydrogens is 148 g/mol. The van der Waals surface area contributed by atoms with Gasteiger partial charge >= 0.3 is 0 Å². The molecule has 1 saturated heterocycles. The second kappa shape index (κ2) is 2.06. The van der Waals surface area contributed by atoms with E-state index in [9.17, 15) is 0 Å². The van der Waals surface area contributed by atoms with E-state index in [4.69, 9.17) is 4.74 Å². The Bertz CT molecular complexity index is 189. The summed E-state index contributed by atoms with van der Waals surface area (Å²) >= 11 is 0. The van der Waals surface area contributed by atoms with Crippen LogP contribution in [0.1, 0.15) is 40.5 Å². The van der Waals surface area contributed by atoms with Crippen LogP contribution in [0.4, 0.5) is 0 Å². The second-order valence-electron chi connectivity index (χ2n) is 5.74. The third-order valence-corrected chi connectivity index (χ3v) is 5.09. The summed E-state index contributed by atoms with van der Waals surface area (Å²) < 4.78 is 5.70. The van der Waals surface area contributed by atoms with E-state index < -0.39 is 0 Å². The first-order valence-electron chi connectivity index (χ1n) is 4.99. The van der Waals surface area contributed by atoms with Crippen LogP contribution in [0.5, 0.6) is 0 Å². The Balaban J connectivity index is 2.42. The molecule has 0 aromatic heterocycles. The van der Waals surface area contributed by atoms with Crippen molar-refractivity contribution in [2.75, 3.05) is 13.2 Å². The Kier molecular flexibility index (Phi) is 1.47. The van der Waals surface area contributed by atoms with Crippen LogP contribution >= 0.6 is 0 Å². The van der Waals surface area contributed by atoms with Gasteiger partial charge in [-0.1, -0.05) is 27.7 Å². The Morgan fingerprint density at radius 3 is 1.58 bits per heavy atom. The standard InChI is InChI=1S/C11H20O/c1-9(2)10(3)5-6-11(9,4)8-12-7-10/h5-8H2,1-4H3. The third kappa shape index (κ3) is 0.736. The highest BCUT2D eigenvalue weighted by Crippen LogP contribution is 2.64. The van der Waals surface area contributed by atoms with E-state index in [-0.39, 0.29) is 0 Å². The van der Waals surface area contributed by atoms with Gasteiger partial charge in [0.05, 0.1) is 13.2 Å². The molecule has 2 fully saturated rings. The zero-order chi connectivity index (χ0) is 9.04. The molecule has 1 aliphatic heterocycles. The summed E-state index contributed by atoms with van der Waals surface area (Å²) in [6, 6.07) is 0. The van der Waals surface area contributed by atoms with Crippen molar-refractivity contribution < 1.29 is 4.74 Å². The maximum Gasteiger partial charge on any atom is 0.0525 e. The number of fused-ring (bicyclic) bond motifs is 2. The minimum absolute atomic E-state index is 0.431. The number of rotatable bonds is 0. The van der Waals surface area contributed by atoms with Gasteiger partial charge in [0.15, 0.2) is 0 Å². The first-order valence-corrected chi connectivity index (χ1v) is 4.99. The van der Waals surface area contributed by atoms with Crippen molar-refractivity contribution >= 4 is 0 Å². The first-order chi connectivity index (χ1) is 5.41. The summed E-state index contributed by atoms with van der Waals surface area (Å²) in [5, 5.41) is 0. The summed E-state index contributed by atoms with van der Waals surface area (Å²) in [5.74, 6) is 0. The highest BCUT2D eigenvalue weighted by Gasteiger charge is 2.60. The minimum Gasteiger partial charge on any atom is -0.380 e. The topological polar surface area (TPSA) is 9.23 Å². The molecule has 70 valence electrons. The summed E-state index contributed by atoms with van der Waals surface area (Å²) in [5.41, 5.74) is 1.32. The molecule has 2 unspecified atom stereocenters. The molecule has 0 amide bonds. The summed E-state index contributed by atoms with van der Waals surface area (Å²) in [6.45, 7) is 11.5. The fourth-order valence-corrected chi connectivity index (χ4v) is 2.91. The second-order valence-corrected chi connectivity index (χ2v) is 5.74. The van der Waals surface area contributed by atoms with Crippen molar-refractivity contribution in [3.8, 4) is 0 Å². The van der Waals surface area contributed by atoms with Gasteiger partial charge in [-0.2, -0.15) is 0 Å². The molecule has 1 aliphatic carbocycles. The number of hydrogen-bond acceptors (Lipinski definition) is 1. The average Bonchev–Trinajstić information content (AvgIpc) is 2.17. The van der Waals surface area contributed by atoms with E-state index in [1.807, 2.05) is 0 Å². The van der Waals surface area contributed by atoms with Gasteiger partial charge in [-0.15, -0.1) is 0 Å². The molecule has 12 heavy (non-hydrogen) atoms. The van der Waals surface area contributed by atoms with Gasteiger partial charge in [-0.3, -0.25) is 0 Å².